The summed E-state index contributed by atoms with van der Waals surface area (Å²) in [6.07, 6.45) is 1.55. The Labute approximate surface area is 119 Å². The fourth-order valence-electron chi connectivity index (χ4n) is 1.98. The Morgan fingerprint density at radius 1 is 1.25 bits per heavy atom. The minimum atomic E-state index is -0.0961. The van der Waals surface area contributed by atoms with Crippen LogP contribution in [0.2, 0.25) is 0 Å². The summed E-state index contributed by atoms with van der Waals surface area (Å²) in [6, 6.07) is 7.57. The second kappa shape index (κ2) is 5.90. The van der Waals surface area contributed by atoms with Crippen molar-refractivity contribution < 1.29 is 4.79 Å². The van der Waals surface area contributed by atoms with Crippen molar-refractivity contribution in [3.05, 3.63) is 36.0 Å². The molecule has 1 heterocycles. The lowest BCUT2D eigenvalue weighted by atomic mass is 9.98. The predicted octanol–water partition coefficient (Wildman–Crippen LogP) is 2.84. The second-order valence-electron chi connectivity index (χ2n) is 5.53. The molecule has 0 fully saturated rings. The number of hydrogen-bond acceptors (Lipinski definition) is 3. The molecule has 0 aliphatic rings. The van der Waals surface area contributed by atoms with Crippen LogP contribution in [0.3, 0.4) is 0 Å². The molecule has 1 unspecified atom stereocenters. The number of pyridine rings is 1. The average molecular weight is 271 g/mol. The highest BCUT2D eigenvalue weighted by Crippen LogP contribution is 2.22. The lowest BCUT2D eigenvalue weighted by molar-refractivity contribution is 0.0946. The van der Waals surface area contributed by atoms with Crippen LogP contribution in [0.4, 0.5) is 5.82 Å². The highest BCUT2D eigenvalue weighted by atomic mass is 16.1. The van der Waals surface area contributed by atoms with Gasteiger partial charge in [-0.15, -0.1) is 0 Å². The van der Waals surface area contributed by atoms with Crippen LogP contribution in [-0.2, 0) is 0 Å². The Morgan fingerprint density at radius 3 is 2.55 bits per heavy atom. The number of aromatic nitrogens is 1. The molecule has 0 spiro atoms. The number of nitrogen functional groups attached to an aromatic ring is 1. The third kappa shape index (κ3) is 2.90. The van der Waals surface area contributed by atoms with Crippen LogP contribution in [0.1, 0.15) is 31.1 Å². The predicted molar refractivity (Wildman–Crippen MR) is 82.5 cm³/mol. The molecule has 3 N–H and O–H groups in total. The first-order valence-electron chi connectivity index (χ1n) is 6.92. The summed E-state index contributed by atoms with van der Waals surface area (Å²) in [5.74, 6) is 1.33. The van der Waals surface area contributed by atoms with Crippen molar-refractivity contribution in [3.63, 3.8) is 0 Å². The number of nitrogens with zero attached hydrogens (tertiary/aromatic N) is 1. The molecule has 1 aromatic heterocycles. The van der Waals surface area contributed by atoms with Crippen molar-refractivity contribution in [2.45, 2.75) is 20.8 Å². The zero-order chi connectivity index (χ0) is 14.7. The van der Waals surface area contributed by atoms with E-state index in [1.165, 1.54) is 0 Å². The number of carbonyl (C=O) groups is 1. The van der Waals surface area contributed by atoms with E-state index >= 15 is 0 Å². The number of rotatable bonds is 4. The number of nitrogens with two attached hydrogens (primary N) is 1. The van der Waals surface area contributed by atoms with Crippen molar-refractivity contribution in [1.82, 2.24) is 10.3 Å². The number of benzene rings is 1. The molecule has 1 atom stereocenters. The van der Waals surface area contributed by atoms with Crippen molar-refractivity contribution in [3.8, 4) is 0 Å². The summed E-state index contributed by atoms with van der Waals surface area (Å²) in [6.45, 7) is 7.09. The quantitative estimate of drug-likeness (QED) is 0.898. The molecule has 0 aliphatic heterocycles. The Morgan fingerprint density at radius 2 is 1.90 bits per heavy atom. The Kier molecular flexibility index (Phi) is 4.23. The van der Waals surface area contributed by atoms with E-state index in [1.807, 2.05) is 24.3 Å². The molecule has 0 aliphatic carbocycles. The van der Waals surface area contributed by atoms with Crippen LogP contribution in [-0.4, -0.2) is 17.4 Å². The lowest BCUT2D eigenvalue weighted by Gasteiger charge is -2.16. The van der Waals surface area contributed by atoms with E-state index in [1.54, 1.807) is 6.20 Å². The molecule has 0 saturated carbocycles. The fraction of sp³-hybridized carbons (Fsp3) is 0.375. The summed E-state index contributed by atoms with van der Waals surface area (Å²) in [4.78, 5) is 16.4. The van der Waals surface area contributed by atoms with Crippen molar-refractivity contribution in [2.75, 3.05) is 12.3 Å². The molecule has 1 aromatic carbocycles. The summed E-state index contributed by atoms with van der Waals surface area (Å²) < 4.78 is 0. The van der Waals surface area contributed by atoms with Crippen LogP contribution in [0.25, 0.3) is 10.8 Å². The number of amides is 1. The monoisotopic (exact) mass is 271 g/mol. The first-order chi connectivity index (χ1) is 9.50. The zero-order valence-corrected chi connectivity index (χ0v) is 12.2. The van der Waals surface area contributed by atoms with Gasteiger partial charge < -0.3 is 11.1 Å². The Hall–Kier alpha value is -2.10. The maximum atomic E-state index is 12.3. The molecular formula is C16H21N3O. The van der Waals surface area contributed by atoms with E-state index < -0.39 is 0 Å². The maximum absolute atomic E-state index is 12.3. The van der Waals surface area contributed by atoms with Gasteiger partial charge >= 0.3 is 0 Å². The fourth-order valence-corrected chi connectivity index (χ4v) is 1.98. The first-order valence-corrected chi connectivity index (χ1v) is 6.92. The van der Waals surface area contributed by atoms with Crippen LogP contribution in [0, 0.1) is 11.8 Å². The third-order valence-corrected chi connectivity index (χ3v) is 3.79. The van der Waals surface area contributed by atoms with Crippen LogP contribution in [0.5, 0.6) is 0 Å². The van der Waals surface area contributed by atoms with Crippen LogP contribution < -0.4 is 11.1 Å². The first kappa shape index (κ1) is 14.3. The van der Waals surface area contributed by atoms with Gasteiger partial charge in [0.05, 0.1) is 5.56 Å². The van der Waals surface area contributed by atoms with Crippen molar-refractivity contribution >= 4 is 22.5 Å². The van der Waals surface area contributed by atoms with Gasteiger partial charge in [0.15, 0.2) is 0 Å². The molecule has 0 saturated heterocycles. The average Bonchev–Trinajstić information content (AvgIpc) is 2.45. The Balaban J connectivity index is 2.25. The van der Waals surface area contributed by atoms with Gasteiger partial charge in [0.25, 0.3) is 5.91 Å². The zero-order valence-electron chi connectivity index (χ0n) is 12.2. The van der Waals surface area contributed by atoms with Gasteiger partial charge in [0.2, 0.25) is 0 Å². The highest BCUT2D eigenvalue weighted by Gasteiger charge is 2.14. The third-order valence-electron chi connectivity index (χ3n) is 3.79. The summed E-state index contributed by atoms with van der Waals surface area (Å²) in [5.41, 5.74) is 6.42. The van der Waals surface area contributed by atoms with Crippen LogP contribution in [0.15, 0.2) is 30.5 Å². The van der Waals surface area contributed by atoms with E-state index in [0.29, 0.717) is 29.8 Å². The van der Waals surface area contributed by atoms with E-state index in [4.69, 9.17) is 5.73 Å². The largest absolute Gasteiger partial charge is 0.383 e. The maximum Gasteiger partial charge on any atom is 0.253 e. The van der Waals surface area contributed by atoms with Crippen molar-refractivity contribution in [2.24, 2.45) is 11.8 Å². The smallest absolute Gasteiger partial charge is 0.253 e. The summed E-state index contributed by atoms with van der Waals surface area (Å²) >= 11 is 0. The van der Waals surface area contributed by atoms with E-state index in [0.717, 1.165) is 10.8 Å². The number of fused-ring (bicyclic) bond motifs is 1. The molecule has 2 rings (SSSR count). The van der Waals surface area contributed by atoms with E-state index in [-0.39, 0.29) is 5.91 Å². The molecule has 2 aromatic rings. The molecular weight excluding hydrogens is 250 g/mol. The molecule has 4 nitrogen and oxygen atoms in total. The highest BCUT2D eigenvalue weighted by molar-refractivity contribution is 6.08. The van der Waals surface area contributed by atoms with Gasteiger partial charge in [0, 0.05) is 18.1 Å². The molecule has 1 amide bonds. The number of nitrogens with one attached hydrogen (secondary N) is 1. The van der Waals surface area contributed by atoms with Gasteiger partial charge in [0.1, 0.15) is 5.82 Å². The molecule has 4 heteroatoms. The Bertz CT molecular complexity index is 622. The standard InChI is InChI=1S/C16H21N3O/c1-10(2)11(3)8-19-16(20)14-9-18-15(17)13-7-5-4-6-12(13)14/h4-7,9-11H,8H2,1-3H3,(H2,17,18)(H,19,20). The van der Waals surface area contributed by atoms with Crippen molar-refractivity contribution in [1.29, 1.82) is 0 Å². The lowest BCUT2D eigenvalue weighted by Crippen LogP contribution is -2.30. The summed E-state index contributed by atoms with van der Waals surface area (Å²) in [5, 5.41) is 4.63. The van der Waals surface area contributed by atoms with Gasteiger partial charge in [-0.3, -0.25) is 4.79 Å². The molecule has 20 heavy (non-hydrogen) atoms. The second-order valence-corrected chi connectivity index (χ2v) is 5.53. The van der Waals surface area contributed by atoms with Crippen LogP contribution >= 0.6 is 0 Å². The van der Waals surface area contributed by atoms with Gasteiger partial charge in [-0.1, -0.05) is 45.0 Å². The number of hydrogen-bond donors (Lipinski definition) is 2. The number of carbonyl (C=O) groups excluding carboxylic acids is 1. The van der Waals surface area contributed by atoms with E-state index in [2.05, 4.69) is 31.1 Å². The molecule has 0 bridgehead atoms. The summed E-state index contributed by atoms with van der Waals surface area (Å²) in [7, 11) is 0. The SMILES string of the molecule is CC(C)C(C)CNC(=O)c1cnc(N)c2ccccc12. The minimum Gasteiger partial charge on any atom is -0.383 e. The normalized spacial score (nSPS) is 12.6. The molecule has 106 valence electrons. The van der Waals surface area contributed by atoms with Gasteiger partial charge in [-0.25, -0.2) is 4.98 Å². The van der Waals surface area contributed by atoms with E-state index in [9.17, 15) is 4.79 Å². The van der Waals surface area contributed by atoms with Gasteiger partial charge in [-0.05, 0) is 17.2 Å². The molecule has 0 radical (unpaired) electrons. The minimum absolute atomic E-state index is 0.0961. The topological polar surface area (TPSA) is 68.0 Å². The van der Waals surface area contributed by atoms with Gasteiger partial charge in [-0.2, -0.15) is 0 Å². The number of anilines is 1.